The van der Waals surface area contributed by atoms with Crippen molar-refractivity contribution in [3.63, 3.8) is 0 Å². The van der Waals surface area contributed by atoms with Gasteiger partial charge in [0.05, 0.1) is 10.8 Å². The molecule has 2 saturated heterocycles. The first kappa shape index (κ1) is 15.5. The van der Waals surface area contributed by atoms with Gasteiger partial charge < -0.3 is 10.2 Å². The molecule has 21 heavy (non-hydrogen) atoms. The van der Waals surface area contributed by atoms with Crippen molar-refractivity contribution in [3.05, 3.63) is 28.2 Å². The summed E-state index contributed by atoms with van der Waals surface area (Å²) in [6.07, 6.45) is 3.32. The second kappa shape index (κ2) is 6.78. The molecule has 114 valence electrons. The molecule has 3 nitrogen and oxygen atoms in total. The van der Waals surface area contributed by atoms with Crippen LogP contribution in [0.2, 0.25) is 10.0 Å². The SMILES string of the molecule is O=C(CSc1cc(Cl)ccc1Cl)N1C2CCNCC1CC2. The van der Waals surface area contributed by atoms with Crippen LogP contribution in [-0.4, -0.2) is 41.7 Å². The molecule has 0 aliphatic carbocycles. The van der Waals surface area contributed by atoms with Gasteiger partial charge in [0.25, 0.3) is 0 Å². The summed E-state index contributed by atoms with van der Waals surface area (Å²) < 4.78 is 0. The van der Waals surface area contributed by atoms with E-state index in [0.29, 0.717) is 27.9 Å². The summed E-state index contributed by atoms with van der Waals surface area (Å²) in [7, 11) is 0. The fourth-order valence-electron chi connectivity index (χ4n) is 3.19. The van der Waals surface area contributed by atoms with Crippen LogP contribution >= 0.6 is 35.0 Å². The van der Waals surface area contributed by atoms with Crippen LogP contribution in [0.3, 0.4) is 0 Å². The Labute approximate surface area is 139 Å². The molecule has 1 amide bonds. The normalized spacial score (nSPS) is 25.0. The summed E-state index contributed by atoms with van der Waals surface area (Å²) in [5.74, 6) is 0.639. The van der Waals surface area contributed by atoms with E-state index in [-0.39, 0.29) is 5.91 Å². The van der Waals surface area contributed by atoms with Crippen molar-refractivity contribution in [1.29, 1.82) is 0 Å². The van der Waals surface area contributed by atoms with Gasteiger partial charge >= 0.3 is 0 Å². The molecule has 1 N–H and O–H groups in total. The number of benzene rings is 1. The molecular weight excluding hydrogens is 327 g/mol. The summed E-state index contributed by atoms with van der Waals surface area (Å²) in [4.78, 5) is 15.6. The third-order valence-corrected chi connectivity index (χ3v) is 5.90. The summed E-state index contributed by atoms with van der Waals surface area (Å²) >= 11 is 13.6. The topological polar surface area (TPSA) is 32.3 Å². The molecule has 3 rings (SSSR count). The van der Waals surface area contributed by atoms with Crippen molar-refractivity contribution in [2.24, 2.45) is 0 Å². The van der Waals surface area contributed by atoms with E-state index < -0.39 is 0 Å². The first-order valence-electron chi connectivity index (χ1n) is 7.25. The van der Waals surface area contributed by atoms with Gasteiger partial charge in [-0.15, -0.1) is 11.8 Å². The van der Waals surface area contributed by atoms with Crippen LogP contribution in [0.25, 0.3) is 0 Å². The highest BCUT2D eigenvalue weighted by Gasteiger charge is 2.37. The average Bonchev–Trinajstić information content (AvgIpc) is 2.73. The molecule has 0 aromatic heterocycles. The molecular formula is C15H18Cl2N2OS. The fourth-order valence-corrected chi connectivity index (χ4v) is 4.55. The predicted octanol–water partition coefficient (Wildman–Crippen LogP) is 3.44. The second-order valence-electron chi connectivity index (χ2n) is 5.54. The molecule has 2 atom stereocenters. The quantitative estimate of drug-likeness (QED) is 0.852. The number of amides is 1. The Hall–Kier alpha value is -0.420. The number of hydrogen-bond donors (Lipinski definition) is 1. The highest BCUT2D eigenvalue weighted by atomic mass is 35.5. The maximum atomic E-state index is 12.6. The Morgan fingerprint density at radius 1 is 1.29 bits per heavy atom. The predicted molar refractivity (Wildman–Crippen MR) is 88.3 cm³/mol. The lowest BCUT2D eigenvalue weighted by Crippen LogP contribution is -2.43. The zero-order chi connectivity index (χ0) is 14.8. The van der Waals surface area contributed by atoms with Gasteiger partial charge in [-0.05, 0) is 44.0 Å². The van der Waals surface area contributed by atoms with Crippen molar-refractivity contribution in [1.82, 2.24) is 10.2 Å². The number of carbonyl (C=O) groups excluding carboxylic acids is 1. The maximum Gasteiger partial charge on any atom is 0.233 e. The smallest absolute Gasteiger partial charge is 0.233 e. The Morgan fingerprint density at radius 3 is 2.95 bits per heavy atom. The van der Waals surface area contributed by atoms with E-state index in [9.17, 15) is 4.79 Å². The largest absolute Gasteiger partial charge is 0.335 e. The summed E-state index contributed by atoms with van der Waals surface area (Å²) in [6.45, 7) is 1.93. The van der Waals surface area contributed by atoms with Crippen LogP contribution in [-0.2, 0) is 4.79 Å². The minimum absolute atomic E-state index is 0.215. The number of fused-ring (bicyclic) bond motifs is 2. The fraction of sp³-hybridized carbons (Fsp3) is 0.533. The number of halogens is 2. The van der Waals surface area contributed by atoms with E-state index in [1.165, 1.54) is 11.8 Å². The van der Waals surface area contributed by atoms with E-state index in [0.717, 1.165) is 37.2 Å². The third kappa shape index (κ3) is 3.50. The maximum absolute atomic E-state index is 12.6. The molecule has 1 aromatic rings. The van der Waals surface area contributed by atoms with Crippen LogP contribution in [0.4, 0.5) is 0 Å². The highest BCUT2D eigenvalue weighted by Crippen LogP contribution is 2.32. The van der Waals surface area contributed by atoms with Crippen LogP contribution < -0.4 is 5.32 Å². The minimum Gasteiger partial charge on any atom is -0.335 e. The molecule has 2 bridgehead atoms. The van der Waals surface area contributed by atoms with Crippen LogP contribution in [0, 0.1) is 0 Å². The number of rotatable bonds is 3. The molecule has 2 aliphatic heterocycles. The molecule has 1 aromatic carbocycles. The summed E-state index contributed by atoms with van der Waals surface area (Å²) in [6, 6.07) is 6.13. The van der Waals surface area contributed by atoms with Crippen LogP contribution in [0.1, 0.15) is 19.3 Å². The molecule has 0 spiro atoms. The first-order valence-corrected chi connectivity index (χ1v) is 8.99. The number of nitrogens with one attached hydrogen (secondary N) is 1. The summed E-state index contributed by atoms with van der Waals surface area (Å²) in [5, 5.41) is 4.71. The van der Waals surface area contributed by atoms with E-state index in [1.54, 1.807) is 12.1 Å². The van der Waals surface area contributed by atoms with Gasteiger partial charge in [0.1, 0.15) is 0 Å². The molecule has 2 fully saturated rings. The van der Waals surface area contributed by atoms with Crippen molar-refractivity contribution in [2.45, 2.75) is 36.2 Å². The Kier molecular flexibility index (Phi) is 4.99. The van der Waals surface area contributed by atoms with Crippen LogP contribution in [0.5, 0.6) is 0 Å². The van der Waals surface area contributed by atoms with Gasteiger partial charge in [-0.3, -0.25) is 4.79 Å². The van der Waals surface area contributed by atoms with Gasteiger partial charge in [-0.1, -0.05) is 23.2 Å². The average molecular weight is 345 g/mol. The first-order chi connectivity index (χ1) is 10.1. The van der Waals surface area contributed by atoms with Crippen molar-refractivity contribution in [2.75, 3.05) is 18.8 Å². The van der Waals surface area contributed by atoms with Crippen molar-refractivity contribution in [3.8, 4) is 0 Å². The third-order valence-electron chi connectivity index (χ3n) is 4.19. The number of thioether (sulfide) groups is 1. The Bertz CT molecular complexity index is 526. The molecule has 6 heteroatoms. The Morgan fingerprint density at radius 2 is 2.10 bits per heavy atom. The monoisotopic (exact) mass is 344 g/mol. The molecule has 0 saturated carbocycles. The highest BCUT2D eigenvalue weighted by molar-refractivity contribution is 8.00. The van der Waals surface area contributed by atoms with E-state index >= 15 is 0 Å². The number of nitrogens with zero attached hydrogens (tertiary/aromatic N) is 1. The lowest BCUT2D eigenvalue weighted by Gasteiger charge is -2.27. The van der Waals surface area contributed by atoms with Gasteiger partial charge in [-0.25, -0.2) is 0 Å². The van der Waals surface area contributed by atoms with E-state index in [2.05, 4.69) is 10.2 Å². The van der Waals surface area contributed by atoms with Gasteiger partial charge in [0.2, 0.25) is 5.91 Å². The van der Waals surface area contributed by atoms with Crippen molar-refractivity contribution >= 4 is 40.9 Å². The number of hydrogen-bond acceptors (Lipinski definition) is 3. The van der Waals surface area contributed by atoms with Gasteiger partial charge in [0.15, 0.2) is 0 Å². The molecule has 2 unspecified atom stereocenters. The summed E-state index contributed by atoms with van der Waals surface area (Å²) in [5.41, 5.74) is 0. The standard InChI is InChI=1S/C15H18Cl2N2OS/c16-10-1-4-13(17)14(7-10)21-9-15(20)19-11-2-3-12(19)8-18-6-5-11/h1,4,7,11-12,18H,2-3,5-6,8-9H2. The van der Waals surface area contributed by atoms with E-state index in [4.69, 9.17) is 23.2 Å². The lowest BCUT2D eigenvalue weighted by atomic mass is 10.1. The molecule has 0 radical (unpaired) electrons. The second-order valence-corrected chi connectivity index (χ2v) is 7.40. The molecule has 2 aliphatic rings. The zero-order valence-electron chi connectivity index (χ0n) is 11.6. The zero-order valence-corrected chi connectivity index (χ0v) is 14.0. The van der Waals surface area contributed by atoms with E-state index in [1.807, 2.05) is 6.07 Å². The number of carbonyl (C=O) groups is 1. The lowest BCUT2D eigenvalue weighted by molar-refractivity contribution is -0.130. The Balaban J connectivity index is 1.65. The van der Waals surface area contributed by atoms with Gasteiger partial charge in [-0.2, -0.15) is 0 Å². The minimum atomic E-state index is 0.215. The van der Waals surface area contributed by atoms with Gasteiger partial charge in [0, 0.05) is 28.5 Å². The van der Waals surface area contributed by atoms with Crippen LogP contribution in [0.15, 0.2) is 23.1 Å². The molecule has 2 heterocycles. The van der Waals surface area contributed by atoms with Crippen molar-refractivity contribution < 1.29 is 4.79 Å².